The molecule has 100 valence electrons. The molecule has 0 aliphatic carbocycles. The minimum absolute atomic E-state index is 0.0306. The van der Waals surface area contributed by atoms with Gasteiger partial charge in [-0.05, 0) is 12.1 Å². The highest BCUT2D eigenvalue weighted by Crippen LogP contribution is 2.23. The van der Waals surface area contributed by atoms with E-state index < -0.39 is 0 Å². The molecule has 0 spiro atoms. The summed E-state index contributed by atoms with van der Waals surface area (Å²) >= 11 is 0. The second-order valence-electron chi connectivity index (χ2n) is 4.87. The number of nitrogens with zero attached hydrogens (tertiary/aromatic N) is 3. The van der Waals surface area contributed by atoms with E-state index in [1.165, 1.54) is 0 Å². The Morgan fingerprint density at radius 2 is 2.32 bits per heavy atom. The topological polar surface area (TPSA) is 62.7 Å². The molecule has 1 aromatic rings. The SMILES string of the molecule is CN1C(=O)COC2CN(C(=O)c3cccnc3)CC21. The molecule has 0 saturated carbocycles. The zero-order valence-electron chi connectivity index (χ0n) is 10.7. The quantitative estimate of drug-likeness (QED) is 0.700. The fraction of sp³-hybridized carbons (Fsp3) is 0.462. The number of ether oxygens (including phenoxy) is 1. The highest BCUT2D eigenvalue weighted by atomic mass is 16.5. The minimum Gasteiger partial charge on any atom is -0.364 e. The third-order valence-electron chi connectivity index (χ3n) is 3.74. The third kappa shape index (κ3) is 2.08. The van der Waals surface area contributed by atoms with Crippen LogP contribution in [0.2, 0.25) is 0 Å². The smallest absolute Gasteiger partial charge is 0.255 e. The lowest BCUT2D eigenvalue weighted by Crippen LogP contribution is -2.51. The maximum Gasteiger partial charge on any atom is 0.255 e. The van der Waals surface area contributed by atoms with Gasteiger partial charge in [0.05, 0.1) is 17.7 Å². The molecule has 2 saturated heterocycles. The van der Waals surface area contributed by atoms with E-state index in [2.05, 4.69) is 4.98 Å². The molecule has 19 heavy (non-hydrogen) atoms. The van der Waals surface area contributed by atoms with Crippen LogP contribution < -0.4 is 0 Å². The van der Waals surface area contributed by atoms with Crippen LogP contribution in [0.4, 0.5) is 0 Å². The maximum absolute atomic E-state index is 12.3. The zero-order chi connectivity index (χ0) is 13.4. The van der Waals surface area contributed by atoms with Crippen molar-refractivity contribution in [3.63, 3.8) is 0 Å². The fourth-order valence-electron chi connectivity index (χ4n) is 2.60. The molecule has 0 aromatic carbocycles. The Bertz CT molecular complexity index is 505. The number of carbonyl (C=O) groups is 2. The van der Waals surface area contributed by atoms with Crippen molar-refractivity contribution in [1.82, 2.24) is 14.8 Å². The van der Waals surface area contributed by atoms with Crippen molar-refractivity contribution in [2.24, 2.45) is 0 Å². The summed E-state index contributed by atoms with van der Waals surface area (Å²) in [7, 11) is 1.76. The van der Waals surface area contributed by atoms with Crippen LogP contribution in [-0.4, -0.2) is 65.5 Å². The van der Waals surface area contributed by atoms with E-state index in [-0.39, 0.29) is 30.6 Å². The van der Waals surface area contributed by atoms with Crippen LogP contribution in [0.1, 0.15) is 10.4 Å². The first-order chi connectivity index (χ1) is 9.16. The lowest BCUT2D eigenvalue weighted by Gasteiger charge is -2.33. The van der Waals surface area contributed by atoms with Crippen molar-refractivity contribution in [3.8, 4) is 0 Å². The number of aromatic nitrogens is 1. The van der Waals surface area contributed by atoms with Gasteiger partial charge in [0.15, 0.2) is 0 Å². The summed E-state index contributed by atoms with van der Waals surface area (Å²) in [6, 6.07) is 3.44. The lowest BCUT2D eigenvalue weighted by atomic mass is 10.1. The number of likely N-dealkylation sites (N-methyl/N-ethyl adjacent to an activating group) is 1. The van der Waals surface area contributed by atoms with Crippen LogP contribution in [-0.2, 0) is 9.53 Å². The summed E-state index contributed by atoms with van der Waals surface area (Å²) in [4.78, 5) is 31.2. The van der Waals surface area contributed by atoms with E-state index in [1.807, 2.05) is 0 Å². The van der Waals surface area contributed by atoms with E-state index >= 15 is 0 Å². The largest absolute Gasteiger partial charge is 0.364 e. The van der Waals surface area contributed by atoms with Crippen LogP contribution in [0, 0.1) is 0 Å². The molecule has 2 fully saturated rings. The molecular formula is C13H15N3O3. The number of hydrogen-bond acceptors (Lipinski definition) is 4. The van der Waals surface area contributed by atoms with Gasteiger partial charge in [-0.3, -0.25) is 14.6 Å². The van der Waals surface area contributed by atoms with Crippen molar-refractivity contribution in [2.45, 2.75) is 12.1 Å². The monoisotopic (exact) mass is 261 g/mol. The molecule has 2 aliphatic rings. The Labute approximate surface area is 111 Å². The average Bonchev–Trinajstić information content (AvgIpc) is 2.88. The standard InChI is InChI=1S/C13H15N3O3/c1-15-10-6-16(7-11(10)19-8-12(15)17)13(18)9-3-2-4-14-5-9/h2-5,10-11H,6-8H2,1H3. The number of carbonyl (C=O) groups excluding carboxylic acids is 2. The van der Waals surface area contributed by atoms with Crippen LogP contribution in [0.5, 0.6) is 0 Å². The fourth-order valence-corrected chi connectivity index (χ4v) is 2.60. The molecule has 2 atom stereocenters. The Balaban J connectivity index is 1.75. The van der Waals surface area contributed by atoms with Crippen molar-refractivity contribution in [3.05, 3.63) is 30.1 Å². The number of likely N-dealkylation sites (tertiary alicyclic amines) is 1. The van der Waals surface area contributed by atoms with Gasteiger partial charge in [0.25, 0.3) is 5.91 Å². The number of pyridine rings is 1. The van der Waals surface area contributed by atoms with Gasteiger partial charge in [-0.1, -0.05) is 0 Å². The van der Waals surface area contributed by atoms with Gasteiger partial charge in [0, 0.05) is 32.5 Å². The molecule has 3 rings (SSSR count). The normalized spacial score (nSPS) is 26.5. The minimum atomic E-state index is -0.0803. The van der Waals surface area contributed by atoms with Crippen LogP contribution in [0.25, 0.3) is 0 Å². The highest BCUT2D eigenvalue weighted by Gasteiger charge is 2.43. The molecule has 0 radical (unpaired) electrons. The second-order valence-corrected chi connectivity index (χ2v) is 4.87. The molecule has 2 amide bonds. The van der Waals surface area contributed by atoms with Crippen molar-refractivity contribution >= 4 is 11.8 Å². The van der Waals surface area contributed by atoms with Gasteiger partial charge in [-0.25, -0.2) is 0 Å². The molecule has 1 aromatic heterocycles. The molecule has 6 nitrogen and oxygen atoms in total. The highest BCUT2D eigenvalue weighted by molar-refractivity contribution is 5.94. The Morgan fingerprint density at radius 1 is 1.47 bits per heavy atom. The predicted octanol–water partition coefficient (Wildman–Crippen LogP) is -0.237. The molecule has 0 bridgehead atoms. The van der Waals surface area contributed by atoms with E-state index in [4.69, 9.17) is 4.74 Å². The van der Waals surface area contributed by atoms with E-state index in [0.717, 1.165) is 0 Å². The van der Waals surface area contributed by atoms with E-state index in [1.54, 1.807) is 41.4 Å². The number of amides is 2. The van der Waals surface area contributed by atoms with Crippen molar-refractivity contribution < 1.29 is 14.3 Å². The predicted molar refractivity (Wildman–Crippen MR) is 66.4 cm³/mol. The number of fused-ring (bicyclic) bond motifs is 1. The average molecular weight is 261 g/mol. The number of rotatable bonds is 1. The Morgan fingerprint density at radius 3 is 3.05 bits per heavy atom. The Kier molecular flexibility index (Phi) is 2.94. The van der Waals surface area contributed by atoms with Gasteiger partial charge in [-0.15, -0.1) is 0 Å². The summed E-state index contributed by atoms with van der Waals surface area (Å²) in [6.07, 6.45) is 3.11. The molecule has 6 heteroatoms. The molecule has 3 heterocycles. The van der Waals surface area contributed by atoms with Crippen LogP contribution in [0.15, 0.2) is 24.5 Å². The first kappa shape index (κ1) is 12.1. The molecular weight excluding hydrogens is 246 g/mol. The Hall–Kier alpha value is -1.95. The second kappa shape index (κ2) is 4.62. The summed E-state index contributed by atoms with van der Waals surface area (Å²) in [6.45, 7) is 1.14. The molecule has 2 aliphatic heterocycles. The van der Waals surface area contributed by atoms with Crippen LogP contribution >= 0.6 is 0 Å². The third-order valence-corrected chi connectivity index (χ3v) is 3.74. The summed E-state index contributed by atoms with van der Waals surface area (Å²) in [5, 5.41) is 0. The first-order valence-corrected chi connectivity index (χ1v) is 6.23. The van der Waals surface area contributed by atoms with Crippen LogP contribution in [0.3, 0.4) is 0 Å². The van der Waals surface area contributed by atoms with Gasteiger partial charge in [0.2, 0.25) is 5.91 Å². The van der Waals surface area contributed by atoms with Gasteiger partial charge < -0.3 is 14.5 Å². The molecule has 0 N–H and O–H groups in total. The lowest BCUT2D eigenvalue weighted by molar-refractivity contribution is -0.150. The van der Waals surface area contributed by atoms with Crippen molar-refractivity contribution in [2.75, 3.05) is 26.7 Å². The van der Waals surface area contributed by atoms with E-state index in [9.17, 15) is 9.59 Å². The number of hydrogen-bond donors (Lipinski definition) is 0. The maximum atomic E-state index is 12.3. The van der Waals surface area contributed by atoms with E-state index in [0.29, 0.717) is 18.7 Å². The molecule has 2 unspecified atom stereocenters. The van der Waals surface area contributed by atoms with Gasteiger partial charge >= 0.3 is 0 Å². The van der Waals surface area contributed by atoms with Gasteiger partial charge in [0.1, 0.15) is 6.61 Å². The zero-order valence-corrected chi connectivity index (χ0v) is 10.7. The van der Waals surface area contributed by atoms with Crippen molar-refractivity contribution in [1.29, 1.82) is 0 Å². The summed E-state index contributed by atoms with van der Waals surface area (Å²) in [5.41, 5.74) is 0.565. The van der Waals surface area contributed by atoms with Gasteiger partial charge in [-0.2, -0.15) is 0 Å². The number of morpholine rings is 1. The summed E-state index contributed by atoms with van der Waals surface area (Å²) < 4.78 is 5.50. The first-order valence-electron chi connectivity index (χ1n) is 6.23. The summed E-state index contributed by atoms with van der Waals surface area (Å²) in [5.74, 6) is -0.0936.